The van der Waals surface area contributed by atoms with Crippen LogP contribution in [-0.4, -0.2) is 21.3 Å². The number of halogens is 2. The van der Waals surface area contributed by atoms with Crippen LogP contribution in [-0.2, 0) is 0 Å². The molecule has 0 fully saturated rings. The van der Waals surface area contributed by atoms with E-state index in [1.165, 1.54) is 0 Å². The van der Waals surface area contributed by atoms with E-state index in [2.05, 4.69) is 90.2 Å². The third-order valence-corrected chi connectivity index (χ3v) is 8.17. The van der Waals surface area contributed by atoms with Crippen LogP contribution in [0.1, 0.15) is 27.3 Å². The van der Waals surface area contributed by atoms with Crippen molar-refractivity contribution in [3.63, 3.8) is 0 Å². The second-order valence-electron chi connectivity index (χ2n) is 10.2. The normalized spacial score (nSPS) is 11.3. The Kier molecular flexibility index (Phi) is 8.14. The molecule has 5 nitrogen and oxygen atoms in total. The fraction of sp³-hybridized carbons (Fsp3) is 0.0556. The van der Waals surface area contributed by atoms with Gasteiger partial charge in [-0.05, 0) is 85.6 Å². The average Bonchev–Trinajstić information content (AvgIpc) is 3.57. The Morgan fingerprint density at radius 2 is 1.35 bits per heavy atom. The predicted molar refractivity (Wildman–Crippen MR) is 180 cm³/mol. The number of aromatic nitrogens is 2. The number of carbonyl (C=O) groups is 1. The number of hydrogen-bond acceptors (Lipinski definition) is 2. The molecule has 0 aliphatic rings. The van der Waals surface area contributed by atoms with Gasteiger partial charge in [-0.2, -0.15) is 5.10 Å². The van der Waals surface area contributed by atoms with Crippen molar-refractivity contribution in [3.8, 4) is 33.9 Å². The summed E-state index contributed by atoms with van der Waals surface area (Å²) in [6.07, 6.45) is 1.69. The van der Waals surface area contributed by atoms with Crippen LogP contribution >= 0.6 is 27.5 Å². The molecule has 0 atom stereocenters. The van der Waals surface area contributed by atoms with Crippen molar-refractivity contribution in [2.75, 3.05) is 0 Å². The highest BCUT2D eigenvalue weighted by molar-refractivity contribution is 9.10. The summed E-state index contributed by atoms with van der Waals surface area (Å²) in [5, 5.41) is 4.75. The van der Waals surface area contributed by atoms with Crippen molar-refractivity contribution < 1.29 is 4.79 Å². The molecule has 0 saturated heterocycles. The van der Waals surface area contributed by atoms with Crippen molar-refractivity contribution >= 4 is 39.7 Å². The Morgan fingerprint density at radius 3 is 1.98 bits per heavy atom. The number of amides is 1. The smallest absolute Gasteiger partial charge is 0.272 e. The number of nitrogens with zero attached hydrogens (tertiary/aromatic N) is 3. The maximum absolute atomic E-state index is 13.2. The first kappa shape index (κ1) is 28.5. The molecule has 43 heavy (non-hydrogen) atoms. The second kappa shape index (κ2) is 12.3. The number of aryl methyl sites for hydroxylation is 2. The summed E-state index contributed by atoms with van der Waals surface area (Å²) in [5.41, 5.74) is 12.0. The molecule has 1 amide bonds. The highest BCUT2D eigenvalue weighted by Crippen LogP contribution is 2.35. The summed E-state index contributed by atoms with van der Waals surface area (Å²) in [6, 6.07) is 40.2. The van der Waals surface area contributed by atoms with Gasteiger partial charge in [0, 0.05) is 32.8 Å². The van der Waals surface area contributed by atoms with E-state index in [1.807, 2.05) is 68.4 Å². The lowest BCUT2D eigenvalue weighted by molar-refractivity contribution is 0.0955. The molecule has 7 heteroatoms. The predicted octanol–water partition coefficient (Wildman–Crippen LogP) is 9.40. The van der Waals surface area contributed by atoms with Gasteiger partial charge in [0.2, 0.25) is 0 Å². The molecule has 6 rings (SSSR count). The molecule has 212 valence electrons. The molecule has 0 aliphatic carbocycles. The molecule has 2 heterocycles. The summed E-state index contributed by atoms with van der Waals surface area (Å²) in [5.74, 6) is -0.384. The van der Waals surface area contributed by atoms with Gasteiger partial charge in [-0.15, -0.1) is 0 Å². The summed E-state index contributed by atoms with van der Waals surface area (Å²) < 4.78 is 5.32. The maximum atomic E-state index is 13.2. The van der Waals surface area contributed by atoms with Gasteiger partial charge in [0.1, 0.15) is 0 Å². The number of nitrogens with one attached hydrogen (secondary N) is 1. The molecule has 1 N–H and O–H groups in total. The van der Waals surface area contributed by atoms with Crippen molar-refractivity contribution in [2.45, 2.75) is 13.8 Å². The van der Waals surface area contributed by atoms with E-state index < -0.39 is 0 Å². The average molecular weight is 648 g/mol. The van der Waals surface area contributed by atoms with Crippen LogP contribution in [0.15, 0.2) is 131 Å². The standard InChI is InChI=1S/C36H28BrClN4O/c1-24-13-14-25(2)41(24)31-19-20-32(33(38)22-31)36(43)40-39-23-28-21-34(26-9-5-3-6-10-26)42(30-17-15-29(37)16-18-30)35(28)27-11-7-4-8-12-27/h3-23H,1-2H3,(H,40,43)/b39-23-. The summed E-state index contributed by atoms with van der Waals surface area (Å²) in [7, 11) is 0. The number of hydrazone groups is 1. The first-order valence-electron chi connectivity index (χ1n) is 13.8. The largest absolute Gasteiger partial charge is 0.318 e. The lowest BCUT2D eigenvalue weighted by Gasteiger charge is -2.15. The Hall–Kier alpha value is -4.65. The zero-order chi connectivity index (χ0) is 29.9. The minimum Gasteiger partial charge on any atom is -0.318 e. The number of benzene rings is 4. The molecule has 0 spiro atoms. The van der Waals surface area contributed by atoms with Crippen LogP contribution < -0.4 is 5.43 Å². The fourth-order valence-corrected chi connectivity index (χ4v) is 5.85. The highest BCUT2D eigenvalue weighted by Gasteiger charge is 2.19. The Morgan fingerprint density at radius 1 is 0.744 bits per heavy atom. The molecule has 4 aromatic carbocycles. The van der Waals surface area contributed by atoms with Gasteiger partial charge in [-0.25, -0.2) is 5.43 Å². The third kappa shape index (κ3) is 5.85. The molecule has 6 aromatic rings. The molecule has 0 aliphatic heterocycles. The number of carbonyl (C=O) groups excluding carboxylic acids is 1. The van der Waals surface area contributed by atoms with Crippen LogP contribution in [0.5, 0.6) is 0 Å². The van der Waals surface area contributed by atoms with Gasteiger partial charge in [-0.1, -0.05) is 88.2 Å². The van der Waals surface area contributed by atoms with Crippen molar-refractivity contribution in [3.05, 3.63) is 153 Å². The third-order valence-electron chi connectivity index (χ3n) is 7.33. The molecule has 0 bridgehead atoms. The van der Waals surface area contributed by atoms with Gasteiger partial charge in [0.05, 0.1) is 28.2 Å². The molecule has 0 saturated carbocycles. The summed E-state index contributed by atoms with van der Waals surface area (Å²) in [4.78, 5) is 13.2. The number of rotatable bonds is 7. The van der Waals surface area contributed by atoms with E-state index in [9.17, 15) is 4.79 Å². The SMILES string of the molecule is Cc1ccc(C)n1-c1ccc(C(=O)N/N=C\c2cc(-c3ccccc3)n(-c3ccc(Br)cc3)c2-c2ccccc2)c(Cl)c1. The van der Waals surface area contributed by atoms with Gasteiger partial charge in [0.15, 0.2) is 0 Å². The highest BCUT2D eigenvalue weighted by atomic mass is 79.9. The Bertz CT molecular complexity index is 1920. The zero-order valence-corrected chi connectivity index (χ0v) is 26.0. The minimum absolute atomic E-state index is 0.353. The fourth-order valence-electron chi connectivity index (χ4n) is 5.32. The molecule has 0 unspecified atom stereocenters. The molecular weight excluding hydrogens is 620 g/mol. The van der Waals surface area contributed by atoms with Gasteiger partial charge < -0.3 is 9.13 Å². The molecule has 0 radical (unpaired) electrons. The van der Waals surface area contributed by atoms with Gasteiger partial charge >= 0.3 is 0 Å². The van der Waals surface area contributed by atoms with E-state index in [1.54, 1.807) is 18.3 Å². The first-order chi connectivity index (χ1) is 20.9. The van der Waals surface area contributed by atoms with Gasteiger partial charge in [-0.3, -0.25) is 4.79 Å². The van der Waals surface area contributed by atoms with E-state index >= 15 is 0 Å². The van der Waals surface area contributed by atoms with Crippen LogP contribution in [0.2, 0.25) is 5.02 Å². The van der Waals surface area contributed by atoms with Gasteiger partial charge in [0.25, 0.3) is 5.91 Å². The molecular formula is C36H28BrClN4O. The number of hydrogen-bond donors (Lipinski definition) is 1. The van der Waals surface area contributed by atoms with Crippen molar-refractivity contribution in [2.24, 2.45) is 5.10 Å². The van der Waals surface area contributed by atoms with E-state index in [4.69, 9.17) is 11.6 Å². The van der Waals surface area contributed by atoms with Crippen LogP contribution in [0, 0.1) is 13.8 Å². The minimum atomic E-state index is -0.384. The summed E-state index contributed by atoms with van der Waals surface area (Å²) in [6.45, 7) is 4.07. The molecule has 2 aromatic heterocycles. The van der Waals surface area contributed by atoms with E-state index in [0.29, 0.717) is 10.6 Å². The van der Waals surface area contributed by atoms with Crippen LogP contribution in [0.25, 0.3) is 33.9 Å². The van der Waals surface area contributed by atoms with Crippen molar-refractivity contribution in [1.82, 2.24) is 14.6 Å². The zero-order valence-electron chi connectivity index (χ0n) is 23.6. The maximum Gasteiger partial charge on any atom is 0.272 e. The topological polar surface area (TPSA) is 51.3 Å². The first-order valence-corrected chi connectivity index (χ1v) is 15.0. The lowest BCUT2D eigenvalue weighted by Crippen LogP contribution is -2.18. The lowest BCUT2D eigenvalue weighted by atomic mass is 10.1. The van der Waals surface area contributed by atoms with Crippen molar-refractivity contribution in [1.29, 1.82) is 0 Å². The Labute approximate surface area is 264 Å². The van der Waals surface area contributed by atoms with Crippen LogP contribution in [0.3, 0.4) is 0 Å². The Balaban J connectivity index is 1.38. The summed E-state index contributed by atoms with van der Waals surface area (Å²) >= 11 is 10.1. The van der Waals surface area contributed by atoms with E-state index in [0.717, 1.165) is 55.3 Å². The second-order valence-corrected chi connectivity index (χ2v) is 11.5. The van der Waals surface area contributed by atoms with Crippen LogP contribution in [0.4, 0.5) is 0 Å². The monoisotopic (exact) mass is 646 g/mol. The quantitative estimate of drug-likeness (QED) is 0.136. The van der Waals surface area contributed by atoms with E-state index in [-0.39, 0.29) is 5.91 Å².